The zero-order chi connectivity index (χ0) is 69.3. The van der Waals surface area contributed by atoms with Crippen LogP contribution in [0.4, 0.5) is 0 Å². The van der Waals surface area contributed by atoms with Crippen molar-refractivity contribution in [2.24, 2.45) is 0 Å². The van der Waals surface area contributed by atoms with Gasteiger partial charge >= 0.3 is 0 Å². The van der Waals surface area contributed by atoms with E-state index < -0.39 is 12.1 Å². The first-order valence-electron chi connectivity index (χ1n) is 35.8. The van der Waals surface area contributed by atoms with Gasteiger partial charge in [-0.05, 0) is 185 Å². The van der Waals surface area contributed by atoms with Gasteiger partial charge in [-0.2, -0.15) is 0 Å². The molecular formula is C90H56O2. The Hall–Kier alpha value is -12.1. The molecule has 428 valence electrons. The zero-order valence-corrected chi connectivity index (χ0v) is 49.4. The summed E-state index contributed by atoms with van der Waals surface area (Å²) >= 11 is 0. The summed E-state index contributed by atoms with van der Waals surface area (Å²) in [4.78, 5) is 0. The van der Waals surface area contributed by atoms with Crippen molar-refractivity contribution in [2.75, 3.05) is 0 Å². The number of para-hydroxylation sites is 2. The van der Waals surface area contributed by atoms with Crippen LogP contribution in [0.1, 0.15) is 13.7 Å². The number of hydrogen-bond donors (Lipinski definition) is 0. The Balaban J connectivity index is 0.000000147. The van der Waals surface area contributed by atoms with Crippen molar-refractivity contribution in [2.45, 2.75) is 0 Å². The molecule has 0 aliphatic heterocycles. The van der Waals surface area contributed by atoms with Gasteiger partial charge in [-0.1, -0.05) is 291 Å². The third-order valence-electron chi connectivity index (χ3n) is 18.3. The zero-order valence-electron chi connectivity index (χ0n) is 59.4. The van der Waals surface area contributed by atoms with Crippen LogP contribution < -0.4 is 0 Å². The molecule has 2 heterocycles. The first-order chi connectivity index (χ1) is 49.8. The molecule has 17 aromatic carbocycles. The average molecular weight is 1180 g/mol. The van der Waals surface area contributed by atoms with E-state index in [9.17, 15) is 0 Å². The molecule has 0 N–H and O–H groups in total. The highest BCUT2D eigenvalue weighted by Crippen LogP contribution is 2.51. The Kier molecular flexibility index (Phi) is 10.4. The molecular weight excluding hydrogens is 1110 g/mol. The summed E-state index contributed by atoms with van der Waals surface area (Å²) in [5.41, 5.74) is 15.6. The van der Waals surface area contributed by atoms with Crippen molar-refractivity contribution < 1.29 is 22.5 Å². The fourth-order valence-corrected chi connectivity index (χ4v) is 14.5. The minimum absolute atomic E-state index is 0.199. The molecule has 0 amide bonds. The monoisotopic (exact) mass is 1180 g/mol. The molecule has 0 atom stereocenters. The summed E-state index contributed by atoms with van der Waals surface area (Å²) in [6.07, 6.45) is 0. The van der Waals surface area contributed by atoms with E-state index in [0.29, 0.717) is 11.1 Å². The Morgan fingerprint density at radius 1 is 0.196 bits per heavy atom. The number of benzene rings is 17. The Morgan fingerprint density at radius 3 is 1.03 bits per heavy atom. The van der Waals surface area contributed by atoms with Crippen LogP contribution in [0.5, 0.6) is 0 Å². The first-order valence-corrected chi connectivity index (χ1v) is 30.8. The van der Waals surface area contributed by atoms with Crippen molar-refractivity contribution in [1.29, 1.82) is 0 Å². The first kappa shape index (κ1) is 43.5. The number of furan rings is 2. The van der Waals surface area contributed by atoms with Crippen molar-refractivity contribution in [3.63, 3.8) is 0 Å². The quantitative estimate of drug-likeness (QED) is 0.149. The normalized spacial score (nSPS) is 13.2. The lowest BCUT2D eigenvalue weighted by Gasteiger charge is -2.20. The minimum atomic E-state index is -0.405. The molecule has 2 nitrogen and oxygen atoms in total. The molecule has 0 bridgehead atoms. The number of hydrogen-bond acceptors (Lipinski definition) is 2. The van der Waals surface area contributed by atoms with Gasteiger partial charge in [0.1, 0.15) is 22.3 Å². The van der Waals surface area contributed by atoms with Crippen LogP contribution in [0.25, 0.3) is 186 Å². The standard InChI is InChI=1S/C48H30O.C42H26O/c1-3-15-31(16-4-1)36-27-28-44-48(41-25-13-14-26-43(41)49-44)47(36)42-30-34(29-33-19-7-8-20-35(33)42)46-39-23-11-9-21-37(39)45(32-17-5-2-6-18-32)38-22-10-12-24-40(38)46;1-2-13-27(14-3-1)40-31-17-6-8-19-33(31)41(34-20-9-7-18-32(34)40)29-25-28-15-4-5-16-30(28)37(26-29)35-22-12-24-39-42(35)36-21-10-11-23-38(36)43-39/h1-30H;1-26H/i2D,5D,6D,17D,18D;1D,2D,3D,13D,14D. The summed E-state index contributed by atoms with van der Waals surface area (Å²) in [6, 6.07) is 92.2. The van der Waals surface area contributed by atoms with Crippen LogP contribution >= 0.6 is 0 Å². The lowest BCUT2D eigenvalue weighted by Crippen LogP contribution is -1.93. The molecule has 0 fully saturated rings. The second-order valence-electron chi connectivity index (χ2n) is 23.3. The maximum atomic E-state index is 8.98. The fourth-order valence-electron chi connectivity index (χ4n) is 14.5. The molecule has 2 heteroatoms. The van der Waals surface area contributed by atoms with Crippen LogP contribution in [0.15, 0.2) is 348 Å². The third-order valence-corrected chi connectivity index (χ3v) is 18.3. The van der Waals surface area contributed by atoms with Gasteiger partial charge in [-0.25, -0.2) is 0 Å². The van der Waals surface area contributed by atoms with Crippen molar-refractivity contribution in [3.8, 4) is 77.9 Å². The van der Waals surface area contributed by atoms with Crippen molar-refractivity contribution >= 4 is 109 Å². The van der Waals surface area contributed by atoms with Crippen LogP contribution in [0.3, 0.4) is 0 Å². The molecule has 0 unspecified atom stereocenters. The summed E-state index contributed by atoms with van der Waals surface area (Å²) in [5.74, 6) is 0. The molecule has 0 spiro atoms. The minimum Gasteiger partial charge on any atom is -0.456 e. The van der Waals surface area contributed by atoms with Crippen LogP contribution in [0.2, 0.25) is 0 Å². The second kappa shape index (κ2) is 21.9. The summed E-state index contributed by atoms with van der Waals surface area (Å²) in [5, 5.41) is 15.6. The fraction of sp³-hybridized carbons (Fsp3) is 0. The highest BCUT2D eigenvalue weighted by atomic mass is 16.3. The lowest BCUT2D eigenvalue weighted by molar-refractivity contribution is 0.668. The second-order valence-corrected chi connectivity index (χ2v) is 23.3. The average Bonchev–Trinajstić information content (AvgIpc) is 1.04. The molecule has 19 aromatic rings. The van der Waals surface area contributed by atoms with E-state index in [1.54, 1.807) is 0 Å². The molecule has 2 aromatic heterocycles. The van der Waals surface area contributed by atoms with Gasteiger partial charge in [0, 0.05) is 27.1 Å². The van der Waals surface area contributed by atoms with Crippen LogP contribution in [-0.2, 0) is 0 Å². The van der Waals surface area contributed by atoms with Crippen LogP contribution in [-0.4, -0.2) is 0 Å². The van der Waals surface area contributed by atoms with Gasteiger partial charge in [0.15, 0.2) is 0 Å². The number of rotatable bonds is 7. The van der Waals surface area contributed by atoms with Gasteiger partial charge in [0.25, 0.3) is 0 Å². The largest absolute Gasteiger partial charge is 0.456 e. The van der Waals surface area contributed by atoms with Crippen molar-refractivity contribution in [1.82, 2.24) is 0 Å². The molecule has 19 rings (SSSR count). The molecule has 0 saturated carbocycles. The Morgan fingerprint density at radius 2 is 0.554 bits per heavy atom. The summed E-state index contributed by atoms with van der Waals surface area (Å²) in [6.45, 7) is 0. The van der Waals surface area contributed by atoms with E-state index in [2.05, 4.69) is 158 Å². The van der Waals surface area contributed by atoms with E-state index in [0.717, 1.165) is 164 Å². The van der Waals surface area contributed by atoms with Gasteiger partial charge in [0.2, 0.25) is 0 Å². The Bertz CT molecular complexity index is 6600. The molecule has 0 aliphatic rings. The lowest BCUT2D eigenvalue weighted by atomic mass is 9.83. The van der Waals surface area contributed by atoms with Gasteiger partial charge in [-0.3, -0.25) is 0 Å². The van der Waals surface area contributed by atoms with Crippen molar-refractivity contribution in [3.05, 3.63) is 339 Å². The van der Waals surface area contributed by atoms with E-state index in [-0.39, 0.29) is 59.5 Å². The van der Waals surface area contributed by atoms with E-state index in [1.165, 1.54) is 0 Å². The molecule has 0 aliphatic carbocycles. The maximum absolute atomic E-state index is 8.98. The SMILES string of the molecule is [2H]c1c([2H])c([2H])c(-c2c3ccccc3c(-c3cc(-c4c(-c5ccccc5)ccc5oc6ccccc6c45)c4ccccc4c3)c3ccccc23)c([2H])c1[2H].[2H]c1c([2H])c([2H])c(-c2c3ccccc3c(-c3cc(-c4cccc5oc6ccccc6c45)c4ccccc4c3)c3ccccc23)c([2H])c1[2H]. The van der Waals surface area contributed by atoms with Crippen LogP contribution in [0, 0.1) is 0 Å². The predicted molar refractivity (Wildman–Crippen MR) is 391 cm³/mol. The van der Waals surface area contributed by atoms with Gasteiger partial charge in [0.05, 0.1) is 13.7 Å². The summed E-state index contributed by atoms with van der Waals surface area (Å²) < 4.78 is 98.9. The highest BCUT2D eigenvalue weighted by Gasteiger charge is 2.24. The molecule has 92 heavy (non-hydrogen) atoms. The van der Waals surface area contributed by atoms with Gasteiger partial charge < -0.3 is 8.83 Å². The maximum Gasteiger partial charge on any atom is 0.136 e. The highest BCUT2D eigenvalue weighted by molar-refractivity contribution is 6.26. The van der Waals surface area contributed by atoms with E-state index in [1.807, 2.05) is 121 Å². The topological polar surface area (TPSA) is 26.3 Å². The van der Waals surface area contributed by atoms with E-state index >= 15 is 0 Å². The number of fused-ring (bicyclic) bond motifs is 12. The van der Waals surface area contributed by atoms with Gasteiger partial charge in [-0.15, -0.1) is 0 Å². The predicted octanol–water partition coefficient (Wildman–Crippen LogP) is 25.8. The third kappa shape index (κ3) is 8.64. The molecule has 0 radical (unpaired) electrons. The summed E-state index contributed by atoms with van der Waals surface area (Å²) in [7, 11) is 0. The molecule has 0 saturated heterocycles. The smallest absolute Gasteiger partial charge is 0.136 e. The Labute approximate surface area is 545 Å². The van der Waals surface area contributed by atoms with E-state index in [4.69, 9.17) is 22.5 Å².